The van der Waals surface area contributed by atoms with Crippen molar-refractivity contribution < 1.29 is 14.3 Å². The van der Waals surface area contributed by atoms with Crippen molar-refractivity contribution in [2.75, 3.05) is 5.32 Å². The molecule has 1 aliphatic carbocycles. The molecule has 1 saturated carbocycles. The number of nitrogens with one attached hydrogen (secondary N) is 1. The number of amides is 1. The Hall–Kier alpha value is -1.84. The fraction of sp³-hybridized carbons (Fsp3) is 0.556. The topological polar surface area (TPSA) is 55.4 Å². The predicted molar refractivity (Wildman–Crippen MR) is 86.8 cm³/mol. The summed E-state index contributed by atoms with van der Waals surface area (Å²) in [6.45, 7) is 7.58. The molecule has 1 aromatic carbocycles. The maximum Gasteiger partial charge on any atom is 0.309 e. The van der Waals surface area contributed by atoms with Gasteiger partial charge in [0, 0.05) is 5.69 Å². The molecule has 0 bridgehead atoms. The standard InChI is InChI=1S/C18H25NO3/c1-11-9-12(2)16(13(3)10-11)19-17(20)14(4)22-18(21)15-7-5-6-8-15/h9-10,14-15H,5-8H2,1-4H3,(H,19,20). The summed E-state index contributed by atoms with van der Waals surface area (Å²) in [4.78, 5) is 24.3. The number of carbonyl (C=O) groups is 2. The second-order valence-corrected chi connectivity index (χ2v) is 6.32. The van der Waals surface area contributed by atoms with Crippen LogP contribution in [0.3, 0.4) is 0 Å². The molecular formula is C18H25NO3. The average molecular weight is 303 g/mol. The van der Waals surface area contributed by atoms with E-state index in [-0.39, 0.29) is 17.8 Å². The number of carbonyl (C=O) groups excluding carboxylic acids is 2. The highest BCUT2D eigenvalue weighted by atomic mass is 16.5. The second kappa shape index (κ2) is 6.95. The Balaban J connectivity index is 1.98. The molecule has 1 amide bonds. The van der Waals surface area contributed by atoms with E-state index in [4.69, 9.17) is 4.74 Å². The molecule has 0 aromatic heterocycles. The van der Waals surface area contributed by atoms with E-state index < -0.39 is 6.10 Å². The lowest BCUT2D eigenvalue weighted by atomic mass is 10.0. The van der Waals surface area contributed by atoms with Crippen molar-refractivity contribution in [3.63, 3.8) is 0 Å². The molecule has 0 spiro atoms. The molecule has 22 heavy (non-hydrogen) atoms. The number of esters is 1. The Morgan fingerprint density at radius 3 is 2.23 bits per heavy atom. The van der Waals surface area contributed by atoms with Gasteiger partial charge in [0.2, 0.25) is 0 Å². The number of aryl methyl sites for hydroxylation is 3. The zero-order chi connectivity index (χ0) is 16.3. The van der Waals surface area contributed by atoms with Crippen molar-refractivity contribution in [2.45, 2.75) is 59.5 Å². The minimum Gasteiger partial charge on any atom is -0.452 e. The number of hydrogen-bond acceptors (Lipinski definition) is 3. The Bertz CT molecular complexity index is 551. The maximum absolute atomic E-state index is 12.3. The molecule has 4 heteroatoms. The van der Waals surface area contributed by atoms with E-state index >= 15 is 0 Å². The molecule has 0 saturated heterocycles. The van der Waals surface area contributed by atoms with Gasteiger partial charge in [-0.05, 0) is 51.7 Å². The summed E-state index contributed by atoms with van der Waals surface area (Å²) in [5.74, 6) is -0.544. The molecule has 1 fully saturated rings. The normalized spacial score (nSPS) is 16.4. The van der Waals surface area contributed by atoms with Crippen LogP contribution in [0, 0.1) is 26.7 Å². The van der Waals surface area contributed by atoms with Gasteiger partial charge < -0.3 is 10.1 Å². The molecular weight excluding hydrogens is 278 g/mol. The second-order valence-electron chi connectivity index (χ2n) is 6.32. The van der Waals surface area contributed by atoms with Gasteiger partial charge in [-0.2, -0.15) is 0 Å². The largest absolute Gasteiger partial charge is 0.452 e. The minimum absolute atomic E-state index is 0.0295. The summed E-state index contributed by atoms with van der Waals surface area (Å²) < 4.78 is 5.32. The van der Waals surface area contributed by atoms with E-state index in [1.165, 1.54) is 0 Å². The zero-order valence-corrected chi connectivity index (χ0v) is 13.9. The van der Waals surface area contributed by atoms with Gasteiger partial charge in [0.15, 0.2) is 6.10 Å². The fourth-order valence-electron chi connectivity index (χ4n) is 3.09. The number of benzene rings is 1. The van der Waals surface area contributed by atoms with Crippen molar-refractivity contribution in [2.24, 2.45) is 5.92 Å². The summed E-state index contributed by atoms with van der Waals surface area (Å²) in [6, 6.07) is 4.05. The smallest absolute Gasteiger partial charge is 0.309 e. The number of ether oxygens (including phenoxy) is 1. The molecule has 1 unspecified atom stereocenters. The highest BCUT2D eigenvalue weighted by Gasteiger charge is 2.27. The number of rotatable bonds is 4. The Morgan fingerprint density at radius 2 is 1.68 bits per heavy atom. The molecule has 1 atom stereocenters. The summed E-state index contributed by atoms with van der Waals surface area (Å²) in [7, 11) is 0. The highest BCUT2D eigenvalue weighted by Crippen LogP contribution is 2.26. The third-order valence-electron chi connectivity index (χ3n) is 4.28. The third-order valence-corrected chi connectivity index (χ3v) is 4.28. The van der Waals surface area contributed by atoms with Crippen molar-refractivity contribution in [3.8, 4) is 0 Å². The number of hydrogen-bond donors (Lipinski definition) is 1. The molecule has 1 N–H and O–H groups in total. The lowest BCUT2D eigenvalue weighted by Gasteiger charge is -2.18. The zero-order valence-electron chi connectivity index (χ0n) is 13.9. The molecule has 1 aliphatic rings. The van der Waals surface area contributed by atoms with Crippen LogP contribution in [0.5, 0.6) is 0 Å². The summed E-state index contributed by atoms with van der Waals surface area (Å²) >= 11 is 0. The van der Waals surface area contributed by atoms with Gasteiger partial charge >= 0.3 is 5.97 Å². The molecule has 0 heterocycles. The van der Waals surface area contributed by atoms with Crippen LogP contribution in [0.4, 0.5) is 5.69 Å². The van der Waals surface area contributed by atoms with E-state index in [2.05, 4.69) is 5.32 Å². The van der Waals surface area contributed by atoms with Crippen LogP contribution in [0.15, 0.2) is 12.1 Å². The van der Waals surface area contributed by atoms with Crippen LogP contribution < -0.4 is 5.32 Å². The first-order valence-electron chi connectivity index (χ1n) is 7.97. The maximum atomic E-state index is 12.3. The van der Waals surface area contributed by atoms with E-state index in [0.29, 0.717) is 0 Å². The van der Waals surface area contributed by atoms with Crippen molar-refractivity contribution in [3.05, 3.63) is 28.8 Å². The molecule has 4 nitrogen and oxygen atoms in total. The SMILES string of the molecule is Cc1cc(C)c(NC(=O)C(C)OC(=O)C2CCCC2)c(C)c1. The summed E-state index contributed by atoms with van der Waals surface area (Å²) in [6.07, 6.45) is 3.13. The first kappa shape index (κ1) is 16.5. The van der Waals surface area contributed by atoms with E-state index in [1.54, 1.807) is 6.92 Å². The van der Waals surface area contributed by atoms with E-state index in [9.17, 15) is 9.59 Å². The summed E-state index contributed by atoms with van der Waals surface area (Å²) in [5, 5.41) is 2.89. The van der Waals surface area contributed by atoms with Gasteiger partial charge in [-0.3, -0.25) is 9.59 Å². The van der Waals surface area contributed by atoms with Gasteiger partial charge in [-0.15, -0.1) is 0 Å². The van der Waals surface area contributed by atoms with Crippen LogP contribution in [-0.2, 0) is 14.3 Å². The quantitative estimate of drug-likeness (QED) is 0.863. The van der Waals surface area contributed by atoms with Gasteiger partial charge in [0.1, 0.15) is 0 Å². The number of anilines is 1. The molecule has 1 aromatic rings. The van der Waals surface area contributed by atoms with Crippen LogP contribution >= 0.6 is 0 Å². The lowest BCUT2D eigenvalue weighted by Crippen LogP contribution is -2.32. The molecule has 0 radical (unpaired) electrons. The molecule has 120 valence electrons. The van der Waals surface area contributed by atoms with Gasteiger partial charge in [0.05, 0.1) is 5.92 Å². The van der Waals surface area contributed by atoms with Crippen LogP contribution in [0.25, 0.3) is 0 Å². The van der Waals surface area contributed by atoms with Gasteiger partial charge in [0.25, 0.3) is 5.91 Å². The highest BCUT2D eigenvalue weighted by molar-refractivity contribution is 5.96. The van der Waals surface area contributed by atoms with Crippen molar-refractivity contribution >= 4 is 17.6 Å². The van der Waals surface area contributed by atoms with Gasteiger partial charge in [-0.1, -0.05) is 30.5 Å². The monoisotopic (exact) mass is 303 g/mol. The Kier molecular flexibility index (Phi) is 5.22. The lowest BCUT2D eigenvalue weighted by molar-refractivity contribution is -0.157. The van der Waals surface area contributed by atoms with Gasteiger partial charge in [-0.25, -0.2) is 0 Å². The first-order chi connectivity index (χ1) is 10.4. The third kappa shape index (κ3) is 3.87. The first-order valence-corrected chi connectivity index (χ1v) is 7.97. The fourth-order valence-corrected chi connectivity index (χ4v) is 3.09. The van der Waals surface area contributed by atoms with Crippen molar-refractivity contribution in [1.29, 1.82) is 0 Å². The van der Waals surface area contributed by atoms with E-state index in [0.717, 1.165) is 48.1 Å². The predicted octanol–water partition coefficient (Wildman–Crippen LogP) is 3.67. The molecule has 2 rings (SSSR count). The minimum atomic E-state index is -0.770. The molecule has 0 aliphatic heterocycles. The van der Waals surface area contributed by atoms with E-state index in [1.807, 2.05) is 32.9 Å². The van der Waals surface area contributed by atoms with Crippen LogP contribution in [0.1, 0.15) is 49.3 Å². The van der Waals surface area contributed by atoms with Crippen molar-refractivity contribution in [1.82, 2.24) is 0 Å². The van der Waals surface area contributed by atoms with Crippen LogP contribution in [0.2, 0.25) is 0 Å². The summed E-state index contributed by atoms with van der Waals surface area (Å²) in [5.41, 5.74) is 3.99. The Labute approximate surface area is 132 Å². The average Bonchev–Trinajstić information content (AvgIpc) is 2.96. The van der Waals surface area contributed by atoms with Crippen LogP contribution in [-0.4, -0.2) is 18.0 Å². The Morgan fingerprint density at radius 1 is 1.14 bits per heavy atom.